The third-order valence-electron chi connectivity index (χ3n) is 5.10. The Hall–Kier alpha value is -2.24. The summed E-state index contributed by atoms with van der Waals surface area (Å²) in [6.07, 6.45) is 2.22. The zero-order valence-electron chi connectivity index (χ0n) is 16.6. The van der Waals surface area contributed by atoms with Crippen LogP contribution in [0.5, 0.6) is 5.75 Å². The van der Waals surface area contributed by atoms with Gasteiger partial charge in [0.05, 0.1) is 7.11 Å². The van der Waals surface area contributed by atoms with Crippen LogP contribution >= 0.6 is 11.6 Å². The van der Waals surface area contributed by atoms with Crippen molar-refractivity contribution >= 4 is 17.6 Å². The molecule has 0 aliphatic carbocycles. The first-order chi connectivity index (χ1) is 13.7. The normalized spacial score (nSPS) is 16.0. The van der Waals surface area contributed by atoms with Gasteiger partial charge in [-0.15, -0.1) is 0 Å². The third-order valence-corrected chi connectivity index (χ3v) is 5.33. The van der Waals surface area contributed by atoms with Crippen LogP contribution in [0.4, 0.5) is 0 Å². The van der Waals surface area contributed by atoms with Gasteiger partial charge in [0.15, 0.2) is 5.96 Å². The summed E-state index contributed by atoms with van der Waals surface area (Å²) in [5, 5.41) is 7.61. The molecule has 3 rings (SSSR count). The minimum absolute atomic E-state index is 0.435. The van der Waals surface area contributed by atoms with Crippen LogP contribution in [-0.4, -0.2) is 44.1 Å². The van der Waals surface area contributed by atoms with Crippen molar-refractivity contribution < 1.29 is 4.74 Å². The summed E-state index contributed by atoms with van der Waals surface area (Å²) in [4.78, 5) is 6.89. The van der Waals surface area contributed by atoms with E-state index in [0.717, 1.165) is 49.7 Å². The minimum Gasteiger partial charge on any atom is -0.496 e. The number of nitrogens with zero attached hydrogens (tertiary/aromatic N) is 2. The van der Waals surface area contributed by atoms with Crippen molar-refractivity contribution in [1.82, 2.24) is 15.5 Å². The molecule has 1 aliphatic rings. The Bertz CT molecular complexity index is 773. The number of likely N-dealkylation sites (tertiary alicyclic amines) is 1. The van der Waals surface area contributed by atoms with Gasteiger partial charge in [0.25, 0.3) is 0 Å². The summed E-state index contributed by atoms with van der Waals surface area (Å²) in [6.45, 7) is 3.84. The van der Waals surface area contributed by atoms with Crippen LogP contribution in [0.25, 0.3) is 0 Å². The van der Waals surface area contributed by atoms with Crippen molar-refractivity contribution in [3.8, 4) is 5.75 Å². The molecule has 1 fully saturated rings. The standard InChI is InChI=1S/C22H29ClN4O/c1-24-22(25-15-18-8-9-19(23)14-21(18)28-2)26-20-10-12-27(13-11-20)16-17-6-4-3-5-7-17/h3-9,14,20H,10-13,15-16H2,1-2H3,(H2,24,25,26). The summed E-state index contributed by atoms with van der Waals surface area (Å²) in [7, 11) is 3.46. The number of piperidine rings is 1. The molecule has 0 aromatic heterocycles. The Morgan fingerprint density at radius 2 is 1.93 bits per heavy atom. The summed E-state index contributed by atoms with van der Waals surface area (Å²) in [5.41, 5.74) is 2.43. The van der Waals surface area contributed by atoms with Crippen LogP contribution in [0.1, 0.15) is 24.0 Å². The highest BCUT2D eigenvalue weighted by molar-refractivity contribution is 6.30. The summed E-state index contributed by atoms with van der Waals surface area (Å²) in [6, 6.07) is 16.8. The zero-order valence-corrected chi connectivity index (χ0v) is 17.4. The van der Waals surface area contributed by atoms with Crippen LogP contribution in [0.2, 0.25) is 5.02 Å². The Labute approximate surface area is 172 Å². The first kappa shape index (κ1) is 20.5. The number of benzene rings is 2. The van der Waals surface area contributed by atoms with Gasteiger partial charge in [0.2, 0.25) is 0 Å². The van der Waals surface area contributed by atoms with Crippen LogP contribution < -0.4 is 15.4 Å². The number of aliphatic imine (C=N–C) groups is 1. The van der Waals surface area contributed by atoms with Crippen LogP contribution in [-0.2, 0) is 13.1 Å². The predicted molar refractivity (Wildman–Crippen MR) is 116 cm³/mol. The van der Waals surface area contributed by atoms with Gasteiger partial charge in [-0.3, -0.25) is 9.89 Å². The van der Waals surface area contributed by atoms with E-state index in [1.807, 2.05) is 18.2 Å². The van der Waals surface area contributed by atoms with Crippen molar-refractivity contribution in [3.63, 3.8) is 0 Å². The maximum atomic E-state index is 6.04. The molecule has 1 aliphatic heterocycles. The van der Waals surface area contributed by atoms with Gasteiger partial charge in [-0.05, 0) is 30.5 Å². The number of hydrogen-bond donors (Lipinski definition) is 2. The van der Waals surface area contributed by atoms with Gasteiger partial charge in [-0.2, -0.15) is 0 Å². The van der Waals surface area contributed by atoms with Crippen molar-refractivity contribution in [2.45, 2.75) is 32.0 Å². The predicted octanol–water partition coefficient (Wildman–Crippen LogP) is 3.68. The lowest BCUT2D eigenvalue weighted by Gasteiger charge is -2.33. The Kier molecular flexibility index (Phi) is 7.57. The van der Waals surface area contributed by atoms with Crippen molar-refractivity contribution in [2.75, 3.05) is 27.2 Å². The van der Waals surface area contributed by atoms with Crippen LogP contribution in [0, 0.1) is 0 Å². The molecule has 6 heteroatoms. The van der Waals surface area contributed by atoms with Crippen LogP contribution in [0.3, 0.4) is 0 Å². The van der Waals surface area contributed by atoms with E-state index in [9.17, 15) is 0 Å². The van der Waals surface area contributed by atoms with Crippen molar-refractivity contribution in [1.29, 1.82) is 0 Å². The number of rotatable bonds is 6. The van der Waals surface area contributed by atoms with Gasteiger partial charge >= 0.3 is 0 Å². The van der Waals surface area contributed by atoms with E-state index >= 15 is 0 Å². The number of methoxy groups -OCH3 is 1. The quantitative estimate of drug-likeness (QED) is 0.573. The Balaban J connectivity index is 1.46. The second-order valence-electron chi connectivity index (χ2n) is 7.06. The Morgan fingerprint density at radius 3 is 2.61 bits per heavy atom. The third kappa shape index (κ3) is 5.88. The molecule has 2 aromatic carbocycles. The summed E-state index contributed by atoms with van der Waals surface area (Å²) in [5.74, 6) is 1.60. The molecule has 0 saturated carbocycles. The number of hydrogen-bond acceptors (Lipinski definition) is 3. The van der Waals surface area contributed by atoms with E-state index in [-0.39, 0.29) is 0 Å². The molecule has 0 spiro atoms. The smallest absolute Gasteiger partial charge is 0.191 e. The average molecular weight is 401 g/mol. The molecule has 0 atom stereocenters. The first-order valence-electron chi connectivity index (χ1n) is 9.74. The van der Waals surface area contributed by atoms with Crippen molar-refractivity contribution in [2.24, 2.45) is 4.99 Å². The second-order valence-corrected chi connectivity index (χ2v) is 7.50. The van der Waals surface area contributed by atoms with Gasteiger partial charge < -0.3 is 15.4 Å². The molecule has 28 heavy (non-hydrogen) atoms. The van der Waals surface area contributed by atoms with E-state index in [1.54, 1.807) is 14.2 Å². The number of nitrogens with one attached hydrogen (secondary N) is 2. The maximum Gasteiger partial charge on any atom is 0.191 e. The fraction of sp³-hybridized carbons (Fsp3) is 0.409. The van der Waals surface area contributed by atoms with Gasteiger partial charge in [0, 0.05) is 49.9 Å². The lowest BCUT2D eigenvalue weighted by molar-refractivity contribution is 0.198. The topological polar surface area (TPSA) is 48.9 Å². The minimum atomic E-state index is 0.435. The fourth-order valence-corrected chi connectivity index (χ4v) is 3.67. The summed E-state index contributed by atoms with van der Waals surface area (Å²) >= 11 is 6.04. The van der Waals surface area contributed by atoms with Gasteiger partial charge in [0.1, 0.15) is 5.75 Å². The SMILES string of the molecule is CN=C(NCc1ccc(Cl)cc1OC)NC1CCN(Cc2ccccc2)CC1. The molecule has 0 amide bonds. The highest BCUT2D eigenvalue weighted by Crippen LogP contribution is 2.23. The molecule has 150 valence electrons. The van der Waals surface area contributed by atoms with E-state index in [4.69, 9.17) is 16.3 Å². The number of ether oxygens (including phenoxy) is 1. The van der Waals surface area contributed by atoms with Crippen molar-refractivity contribution in [3.05, 3.63) is 64.7 Å². The molecule has 1 heterocycles. The van der Waals surface area contributed by atoms with E-state index in [1.165, 1.54) is 5.56 Å². The molecular weight excluding hydrogens is 372 g/mol. The molecule has 0 radical (unpaired) electrons. The van der Waals surface area contributed by atoms with E-state index in [2.05, 4.69) is 50.9 Å². The largest absolute Gasteiger partial charge is 0.496 e. The number of halogens is 1. The van der Waals surface area contributed by atoms with Gasteiger partial charge in [-0.25, -0.2) is 0 Å². The molecular formula is C22H29ClN4O. The molecule has 0 unspecified atom stereocenters. The number of guanidine groups is 1. The lowest BCUT2D eigenvalue weighted by Crippen LogP contribution is -2.48. The second kappa shape index (κ2) is 10.3. The molecule has 1 saturated heterocycles. The fourth-order valence-electron chi connectivity index (χ4n) is 3.51. The molecule has 2 N–H and O–H groups in total. The van der Waals surface area contributed by atoms with Gasteiger partial charge in [-0.1, -0.05) is 48.0 Å². The zero-order chi connectivity index (χ0) is 19.8. The monoisotopic (exact) mass is 400 g/mol. The highest BCUT2D eigenvalue weighted by atomic mass is 35.5. The molecule has 5 nitrogen and oxygen atoms in total. The van der Waals surface area contributed by atoms with E-state index in [0.29, 0.717) is 17.6 Å². The first-order valence-corrected chi connectivity index (χ1v) is 10.1. The average Bonchev–Trinajstić information content (AvgIpc) is 2.73. The lowest BCUT2D eigenvalue weighted by atomic mass is 10.0. The highest BCUT2D eigenvalue weighted by Gasteiger charge is 2.20. The van der Waals surface area contributed by atoms with E-state index < -0.39 is 0 Å². The maximum absolute atomic E-state index is 6.04. The molecule has 2 aromatic rings. The Morgan fingerprint density at radius 1 is 1.18 bits per heavy atom. The molecule has 0 bridgehead atoms. The van der Waals surface area contributed by atoms with Crippen LogP contribution in [0.15, 0.2) is 53.5 Å². The summed E-state index contributed by atoms with van der Waals surface area (Å²) < 4.78 is 5.41.